The van der Waals surface area contributed by atoms with Crippen molar-refractivity contribution in [2.24, 2.45) is 0 Å². The Labute approximate surface area is 166 Å². The third-order valence-corrected chi connectivity index (χ3v) is 6.14. The number of carbonyl (C=O) groups is 1. The molecule has 0 saturated carbocycles. The Morgan fingerprint density at radius 2 is 1.96 bits per heavy atom. The maximum atomic E-state index is 12.3. The molecule has 0 aliphatic carbocycles. The molecule has 1 aromatic carbocycles. The fourth-order valence-electron chi connectivity index (χ4n) is 3.41. The van der Waals surface area contributed by atoms with Gasteiger partial charge in [-0.3, -0.25) is 9.36 Å². The SMILES string of the molecule is CCN1CCC(NC(=O)CSc2nccn2-c2ccc(C(C)C)cc2)CC1. The lowest BCUT2D eigenvalue weighted by Crippen LogP contribution is -2.45. The molecule has 2 aromatic rings. The molecule has 1 aliphatic rings. The normalized spacial score (nSPS) is 16.0. The van der Waals surface area contributed by atoms with Crippen LogP contribution in [0.4, 0.5) is 0 Å². The molecule has 0 bridgehead atoms. The van der Waals surface area contributed by atoms with Gasteiger partial charge >= 0.3 is 0 Å². The quantitative estimate of drug-likeness (QED) is 0.738. The Morgan fingerprint density at radius 1 is 1.26 bits per heavy atom. The molecule has 1 aromatic heterocycles. The summed E-state index contributed by atoms with van der Waals surface area (Å²) in [6.45, 7) is 9.82. The predicted octanol–water partition coefficient (Wildman–Crippen LogP) is 3.69. The van der Waals surface area contributed by atoms with E-state index in [1.807, 2.05) is 10.8 Å². The molecule has 0 unspecified atom stereocenters. The van der Waals surface area contributed by atoms with E-state index in [2.05, 4.69) is 60.2 Å². The Morgan fingerprint density at radius 3 is 2.59 bits per heavy atom. The average molecular weight is 387 g/mol. The Kier molecular flexibility index (Phi) is 6.96. The first kappa shape index (κ1) is 20.0. The van der Waals surface area contributed by atoms with E-state index in [4.69, 9.17) is 0 Å². The number of piperidine rings is 1. The van der Waals surface area contributed by atoms with E-state index in [0.717, 1.165) is 43.3 Å². The predicted molar refractivity (Wildman–Crippen MR) is 112 cm³/mol. The van der Waals surface area contributed by atoms with Gasteiger partial charge in [0.15, 0.2) is 5.16 Å². The summed E-state index contributed by atoms with van der Waals surface area (Å²) in [6, 6.07) is 8.85. The lowest BCUT2D eigenvalue weighted by Gasteiger charge is -2.31. The molecule has 5 nitrogen and oxygen atoms in total. The number of nitrogens with zero attached hydrogens (tertiary/aromatic N) is 3. The minimum atomic E-state index is 0.0969. The molecule has 27 heavy (non-hydrogen) atoms. The van der Waals surface area contributed by atoms with Gasteiger partial charge in [-0.15, -0.1) is 0 Å². The van der Waals surface area contributed by atoms with Crippen LogP contribution in [-0.2, 0) is 4.79 Å². The van der Waals surface area contributed by atoms with Crippen LogP contribution in [0.1, 0.15) is 45.1 Å². The monoisotopic (exact) mass is 386 g/mol. The maximum Gasteiger partial charge on any atom is 0.230 e. The summed E-state index contributed by atoms with van der Waals surface area (Å²) in [4.78, 5) is 19.2. The van der Waals surface area contributed by atoms with Crippen molar-refractivity contribution in [3.8, 4) is 5.69 Å². The first-order valence-electron chi connectivity index (χ1n) is 9.85. The second-order valence-electron chi connectivity index (χ2n) is 7.39. The zero-order chi connectivity index (χ0) is 19.2. The molecule has 2 heterocycles. The minimum Gasteiger partial charge on any atom is -0.353 e. The zero-order valence-corrected chi connectivity index (χ0v) is 17.3. The fraction of sp³-hybridized carbons (Fsp3) is 0.524. The lowest BCUT2D eigenvalue weighted by molar-refractivity contribution is -0.119. The van der Waals surface area contributed by atoms with E-state index in [0.29, 0.717) is 17.7 Å². The molecule has 1 fully saturated rings. The van der Waals surface area contributed by atoms with E-state index < -0.39 is 0 Å². The van der Waals surface area contributed by atoms with Gasteiger partial charge < -0.3 is 10.2 Å². The summed E-state index contributed by atoms with van der Waals surface area (Å²) in [5.41, 5.74) is 2.40. The number of hydrogen-bond acceptors (Lipinski definition) is 4. The van der Waals surface area contributed by atoms with Crippen LogP contribution in [0.25, 0.3) is 5.69 Å². The number of likely N-dealkylation sites (tertiary alicyclic amines) is 1. The molecule has 1 saturated heterocycles. The number of carbonyl (C=O) groups excluding carboxylic acids is 1. The van der Waals surface area contributed by atoms with Gasteiger partial charge in [0.05, 0.1) is 5.75 Å². The topological polar surface area (TPSA) is 50.2 Å². The van der Waals surface area contributed by atoms with Crippen LogP contribution >= 0.6 is 11.8 Å². The summed E-state index contributed by atoms with van der Waals surface area (Å²) >= 11 is 1.49. The number of aromatic nitrogens is 2. The summed E-state index contributed by atoms with van der Waals surface area (Å²) in [5.74, 6) is 1.01. The van der Waals surface area contributed by atoms with Gasteiger partial charge in [0.25, 0.3) is 0 Å². The zero-order valence-electron chi connectivity index (χ0n) is 16.5. The van der Waals surface area contributed by atoms with Gasteiger partial charge in [-0.05, 0) is 43.0 Å². The van der Waals surface area contributed by atoms with Crippen molar-refractivity contribution in [1.29, 1.82) is 0 Å². The smallest absolute Gasteiger partial charge is 0.230 e. The van der Waals surface area contributed by atoms with Crippen LogP contribution < -0.4 is 5.32 Å². The van der Waals surface area contributed by atoms with Gasteiger partial charge in [-0.2, -0.15) is 0 Å². The maximum absolute atomic E-state index is 12.3. The minimum absolute atomic E-state index is 0.0969. The number of benzene rings is 1. The van der Waals surface area contributed by atoms with Gasteiger partial charge in [0.1, 0.15) is 0 Å². The summed E-state index contributed by atoms with van der Waals surface area (Å²) in [7, 11) is 0. The summed E-state index contributed by atoms with van der Waals surface area (Å²) in [5, 5.41) is 4.03. The number of thioether (sulfide) groups is 1. The molecule has 3 rings (SSSR count). The number of hydrogen-bond donors (Lipinski definition) is 1. The van der Waals surface area contributed by atoms with Gasteiger partial charge in [-0.25, -0.2) is 4.98 Å². The van der Waals surface area contributed by atoms with Gasteiger partial charge in [0.2, 0.25) is 5.91 Å². The van der Waals surface area contributed by atoms with Gasteiger partial charge in [-0.1, -0.05) is 44.7 Å². The molecule has 1 N–H and O–H groups in total. The van der Waals surface area contributed by atoms with E-state index in [-0.39, 0.29) is 5.91 Å². The molecule has 0 spiro atoms. The second-order valence-corrected chi connectivity index (χ2v) is 8.33. The molecule has 0 atom stereocenters. The van der Waals surface area contributed by atoms with Crippen molar-refractivity contribution in [2.45, 2.75) is 50.7 Å². The van der Waals surface area contributed by atoms with Crippen molar-refractivity contribution in [3.05, 3.63) is 42.2 Å². The Hall–Kier alpha value is -1.79. The highest BCUT2D eigenvalue weighted by Crippen LogP contribution is 2.22. The standard InChI is InChI=1S/C21H30N4OS/c1-4-24-12-9-18(10-13-24)23-20(26)15-27-21-22-11-14-25(21)19-7-5-17(6-8-19)16(2)3/h5-8,11,14,16,18H,4,9-10,12-13,15H2,1-3H3,(H,23,26). The molecule has 1 amide bonds. The highest BCUT2D eigenvalue weighted by Gasteiger charge is 2.20. The van der Waals surface area contributed by atoms with E-state index in [9.17, 15) is 4.79 Å². The van der Waals surface area contributed by atoms with Crippen LogP contribution in [0.5, 0.6) is 0 Å². The highest BCUT2D eigenvalue weighted by atomic mass is 32.2. The van der Waals surface area contributed by atoms with Crippen LogP contribution in [0, 0.1) is 0 Å². The van der Waals surface area contributed by atoms with E-state index in [1.54, 1.807) is 6.20 Å². The molecule has 0 radical (unpaired) electrons. The first-order chi connectivity index (χ1) is 13.1. The van der Waals surface area contributed by atoms with Gasteiger partial charge in [0, 0.05) is 37.2 Å². The van der Waals surface area contributed by atoms with Crippen molar-refractivity contribution in [1.82, 2.24) is 19.8 Å². The largest absolute Gasteiger partial charge is 0.353 e. The first-order valence-corrected chi connectivity index (χ1v) is 10.8. The molecule has 6 heteroatoms. The van der Waals surface area contributed by atoms with Crippen molar-refractivity contribution < 1.29 is 4.79 Å². The van der Waals surface area contributed by atoms with Crippen LogP contribution in [0.3, 0.4) is 0 Å². The number of nitrogens with one attached hydrogen (secondary N) is 1. The lowest BCUT2D eigenvalue weighted by atomic mass is 10.0. The molecule has 1 aliphatic heterocycles. The molecule has 146 valence electrons. The van der Waals surface area contributed by atoms with E-state index in [1.165, 1.54) is 17.3 Å². The summed E-state index contributed by atoms with van der Waals surface area (Å²) in [6.07, 6.45) is 5.82. The van der Waals surface area contributed by atoms with Crippen LogP contribution in [0.15, 0.2) is 41.8 Å². The van der Waals surface area contributed by atoms with Crippen molar-refractivity contribution >= 4 is 17.7 Å². The second kappa shape index (κ2) is 9.42. The Bertz CT molecular complexity index is 733. The third kappa shape index (κ3) is 5.36. The number of amides is 1. The highest BCUT2D eigenvalue weighted by molar-refractivity contribution is 7.99. The van der Waals surface area contributed by atoms with Crippen molar-refractivity contribution in [2.75, 3.05) is 25.4 Å². The van der Waals surface area contributed by atoms with Crippen LogP contribution in [0.2, 0.25) is 0 Å². The number of imidazole rings is 1. The van der Waals surface area contributed by atoms with E-state index >= 15 is 0 Å². The Balaban J connectivity index is 1.53. The number of rotatable bonds is 7. The molecular weight excluding hydrogens is 356 g/mol. The average Bonchev–Trinajstić information content (AvgIpc) is 3.15. The van der Waals surface area contributed by atoms with Crippen molar-refractivity contribution in [3.63, 3.8) is 0 Å². The van der Waals surface area contributed by atoms with Crippen LogP contribution in [-0.4, -0.2) is 51.8 Å². The summed E-state index contributed by atoms with van der Waals surface area (Å²) < 4.78 is 2.04. The third-order valence-electron chi connectivity index (χ3n) is 5.18. The molecular formula is C21H30N4OS. The fourth-order valence-corrected chi connectivity index (χ4v) is 4.19.